The zero-order chi connectivity index (χ0) is 19.5. The number of benzene rings is 2. The molecule has 2 aromatic rings. The summed E-state index contributed by atoms with van der Waals surface area (Å²) < 4.78 is 11.2. The monoisotopic (exact) mass is 390 g/mol. The average Bonchev–Trinajstić information content (AvgIpc) is 2.66. The summed E-state index contributed by atoms with van der Waals surface area (Å²) in [5.74, 6) is 0.761. The zero-order valence-corrected chi connectivity index (χ0v) is 16.2. The Morgan fingerprint density at radius 3 is 2.67 bits per heavy atom. The van der Waals surface area contributed by atoms with Crippen molar-refractivity contribution in [2.24, 2.45) is 5.16 Å². The minimum atomic E-state index is -0.297. The average molecular weight is 391 g/mol. The summed E-state index contributed by atoms with van der Waals surface area (Å²) in [5, 5.41) is 6.95. The number of hydrogen-bond acceptors (Lipinski definition) is 5. The maximum atomic E-state index is 11.8. The summed E-state index contributed by atoms with van der Waals surface area (Å²) in [6.45, 7) is 4.73. The number of ether oxygens (including phenoxy) is 2. The molecule has 2 rings (SSSR count). The third-order valence-corrected chi connectivity index (χ3v) is 3.59. The highest BCUT2D eigenvalue weighted by Gasteiger charge is 2.12. The molecule has 6 nitrogen and oxygen atoms in total. The van der Waals surface area contributed by atoms with Gasteiger partial charge in [0, 0.05) is 11.3 Å². The standard InChI is InChI=1S/C20H23ClN2O4/c1-3-10-26-20-17(21)11-15(12-18(20)25-4-2)13-22-27-14-19(24)23-16-8-6-5-7-9-16/h5-9,11-13H,3-4,10,14H2,1-2H3,(H,23,24)/b22-13+. The predicted molar refractivity (Wildman–Crippen MR) is 107 cm³/mol. The number of carbonyl (C=O) groups excluding carboxylic acids is 1. The van der Waals surface area contributed by atoms with Gasteiger partial charge in [-0.05, 0) is 37.6 Å². The van der Waals surface area contributed by atoms with Gasteiger partial charge in [0.05, 0.1) is 24.5 Å². The van der Waals surface area contributed by atoms with E-state index >= 15 is 0 Å². The number of carbonyl (C=O) groups is 1. The van der Waals surface area contributed by atoms with Crippen molar-refractivity contribution in [1.29, 1.82) is 0 Å². The maximum absolute atomic E-state index is 11.8. The third kappa shape index (κ3) is 6.83. The first-order valence-corrected chi connectivity index (χ1v) is 9.11. The van der Waals surface area contributed by atoms with Crippen LogP contribution in [0, 0.1) is 0 Å². The van der Waals surface area contributed by atoms with Gasteiger partial charge < -0.3 is 19.6 Å². The number of rotatable bonds is 10. The molecule has 0 aromatic heterocycles. The predicted octanol–water partition coefficient (Wildman–Crippen LogP) is 4.52. The number of halogens is 1. The van der Waals surface area contributed by atoms with Gasteiger partial charge in [0.25, 0.3) is 5.91 Å². The molecule has 27 heavy (non-hydrogen) atoms. The van der Waals surface area contributed by atoms with Gasteiger partial charge in [0.15, 0.2) is 18.1 Å². The van der Waals surface area contributed by atoms with Crippen LogP contribution in [0.25, 0.3) is 0 Å². The van der Waals surface area contributed by atoms with Gasteiger partial charge in [0.2, 0.25) is 0 Å². The molecule has 0 bridgehead atoms. The van der Waals surface area contributed by atoms with E-state index < -0.39 is 0 Å². The van der Waals surface area contributed by atoms with Gasteiger partial charge in [-0.3, -0.25) is 4.79 Å². The summed E-state index contributed by atoms with van der Waals surface area (Å²) in [6, 6.07) is 12.6. The molecule has 0 saturated heterocycles. The number of nitrogens with one attached hydrogen (secondary N) is 1. The lowest BCUT2D eigenvalue weighted by Gasteiger charge is -2.13. The molecule has 0 saturated carbocycles. The van der Waals surface area contributed by atoms with E-state index in [9.17, 15) is 4.79 Å². The number of para-hydroxylation sites is 1. The van der Waals surface area contributed by atoms with Crippen LogP contribution in [0.15, 0.2) is 47.6 Å². The quantitative estimate of drug-likeness (QED) is 0.478. The van der Waals surface area contributed by atoms with E-state index in [1.54, 1.807) is 24.3 Å². The highest BCUT2D eigenvalue weighted by atomic mass is 35.5. The van der Waals surface area contributed by atoms with E-state index in [-0.39, 0.29) is 12.5 Å². The number of anilines is 1. The Kier molecular flexibility index (Phi) is 8.45. The van der Waals surface area contributed by atoms with Crippen molar-refractivity contribution in [3.63, 3.8) is 0 Å². The van der Waals surface area contributed by atoms with Crippen LogP contribution in [0.5, 0.6) is 11.5 Å². The maximum Gasteiger partial charge on any atom is 0.265 e. The second kappa shape index (κ2) is 11.1. The van der Waals surface area contributed by atoms with Crippen LogP contribution < -0.4 is 14.8 Å². The molecule has 0 aliphatic carbocycles. The Balaban J connectivity index is 1.94. The molecule has 144 valence electrons. The Morgan fingerprint density at radius 1 is 1.19 bits per heavy atom. The zero-order valence-electron chi connectivity index (χ0n) is 15.4. The van der Waals surface area contributed by atoms with E-state index in [1.807, 2.05) is 32.0 Å². The van der Waals surface area contributed by atoms with Crippen molar-refractivity contribution in [2.75, 3.05) is 25.1 Å². The first kappa shape index (κ1) is 20.6. The SMILES string of the molecule is CCCOc1c(Cl)cc(/C=N/OCC(=O)Nc2ccccc2)cc1OCC. The fraction of sp³-hybridized carbons (Fsp3) is 0.300. The summed E-state index contributed by atoms with van der Waals surface area (Å²) in [7, 11) is 0. The Hall–Kier alpha value is -2.73. The molecule has 0 spiro atoms. The van der Waals surface area contributed by atoms with Crippen LogP contribution >= 0.6 is 11.6 Å². The highest BCUT2D eigenvalue weighted by Crippen LogP contribution is 2.36. The number of amides is 1. The minimum absolute atomic E-state index is 0.199. The molecule has 0 radical (unpaired) electrons. The molecule has 0 atom stereocenters. The van der Waals surface area contributed by atoms with Crippen LogP contribution in [0.2, 0.25) is 5.02 Å². The molecule has 2 aromatic carbocycles. The van der Waals surface area contributed by atoms with E-state index in [4.69, 9.17) is 25.9 Å². The van der Waals surface area contributed by atoms with Crippen molar-refractivity contribution in [3.05, 3.63) is 53.1 Å². The number of oxime groups is 1. The Bertz CT molecular complexity index is 766. The van der Waals surface area contributed by atoms with Gasteiger partial charge in [-0.2, -0.15) is 0 Å². The first-order valence-electron chi connectivity index (χ1n) is 8.73. The normalized spacial score (nSPS) is 10.6. The van der Waals surface area contributed by atoms with Crippen LogP contribution in [-0.4, -0.2) is 31.9 Å². The second-order valence-corrected chi connectivity index (χ2v) is 5.94. The van der Waals surface area contributed by atoms with E-state index in [0.717, 1.165) is 6.42 Å². The molecular formula is C20H23ClN2O4. The molecule has 1 N–H and O–H groups in total. The molecule has 0 heterocycles. The second-order valence-electron chi connectivity index (χ2n) is 5.53. The van der Waals surface area contributed by atoms with Gasteiger partial charge in [0.1, 0.15) is 0 Å². The van der Waals surface area contributed by atoms with Crippen LogP contribution in [0.1, 0.15) is 25.8 Å². The molecule has 1 amide bonds. The fourth-order valence-corrected chi connectivity index (χ4v) is 2.46. The lowest BCUT2D eigenvalue weighted by molar-refractivity contribution is -0.120. The van der Waals surface area contributed by atoms with Gasteiger partial charge in [-0.15, -0.1) is 0 Å². The largest absolute Gasteiger partial charge is 0.490 e. The summed E-state index contributed by atoms with van der Waals surface area (Å²) in [6.07, 6.45) is 2.33. The highest BCUT2D eigenvalue weighted by molar-refractivity contribution is 6.32. The molecule has 0 unspecified atom stereocenters. The Labute approximate surface area is 164 Å². The van der Waals surface area contributed by atoms with Crippen molar-refractivity contribution < 1.29 is 19.1 Å². The molecular weight excluding hydrogens is 368 g/mol. The van der Waals surface area contributed by atoms with Crippen molar-refractivity contribution >= 4 is 29.4 Å². The molecule has 0 fully saturated rings. The summed E-state index contributed by atoms with van der Waals surface area (Å²) >= 11 is 6.29. The Morgan fingerprint density at radius 2 is 1.96 bits per heavy atom. The lowest BCUT2D eigenvalue weighted by atomic mass is 10.2. The molecule has 0 aliphatic heterocycles. The van der Waals surface area contributed by atoms with Gasteiger partial charge >= 0.3 is 0 Å². The van der Waals surface area contributed by atoms with E-state index in [2.05, 4.69) is 10.5 Å². The number of hydrogen-bond donors (Lipinski definition) is 1. The fourth-order valence-electron chi connectivity index (χ4n) is 2.18. The van der Waals surface area contributed by atoms with Crippen molar-refractivity contribution in [3.8, 4) is 11.5 Å². The summed E-state index contributed by atoms with van der Waals surface area (Å²) in [5.41, 5.74) is 1.38. The first-order chi connectivity index (χ1) is 13.1. The van der Waals surface area contributed by atoms with Crippen LogP contribution in [0.3, 0.4) is 0 Å². The van der Waals surface area contributed by atoms with Crippen molar-refractivity contribution in [2.45, 2.75) is 20.3 Å². The lowest BCUT2D eigenvalue weighted by Crippen LogP contribution is -2.16. The van der Waals surface area contributed by atoms with Gasteiger partial charge in [-0.25, -0.2) is 0 Å². The van der Waals surface area contributed by atoms with Crippen LogP contribution in [0.4, 0.5) is 5.69 Å². The number of nitrogens with zero attached hydrogens (tertiary/aromatic N) is 1. The van der Waals surface area contributed by atoms with Gasteiger partial charge in [-0.1, -0.05) is 41.9 Å². The smallest absolute Gasteiger partial charge is 0.265 e. The molecule has 0 aliphatic rings. The van der Waals surface area contributed by atoms with Crippen molar-refractivity contribution in [1.82, 2.24) is 0 Å². The van der Waals surface area contributed by atoms with E-state index in [0.29, 0.717) is 41.0 Å². The summed E-state index contributed by atoms with van der Waals surface area (Å²) in [4.78, 5) is 16.8. The van der Waals surface area contributed by atoms with Crippen LogP contribution in [-0.2, 0) is 9.63 Å². The van der Waals surface area contributed by atoms with E-state index in [1.165, 1.54) is 6.21 Å². The minimum Gasteiger partial charge on any atom is -0.490 e. The topological polar surface area (TPSA) is 69.2 Å². The molecule has 7 heteroatoms. The third-order valence-electron chi connectivity index (χ3n) is 3.31.